The molecule has 0 aliphatic heterocycles. The number of ether oxygens (including phenoxy) is 1. The number of benzene rings is 1. The lowest BCUT2D eigenvalue weighted by atomic mass is 10.1. The molecule has 2 aromatic rings. The highest BCUT2D eigenvalue weighted by Crippen LogP contribution is 2.22. The van der Waals surface area contributed by atoms with Gasteiger partial charge in [0.15, 0.2) is 5.69 Å². The predicted octanol–water partition coefficient (Wildman–Crippen LogP) is 2.17. The van der Waals surface area contributed by atoms with E-state index in [2.05, 4.69) is 15.8 Å². The summed E-state index contributed by atoms with van der Waals surface area (Å²) in [4.78, 5) is 15.8. The van der Waals surface area contributed by atoms with E-state index >= 15 is 0 Å². The summed E-state index contributed by atoms with van der Waals surface area (Å²) >= 11 is 0. The van der Waals surface area contributed by atoms with Crippen molar-refractivity contribution in [1.82, 2.24) is 9.55 Å². The van der Waals surface area contributed by atoms with Gasteiger partial charge in [-0.3, -0.25) is 4.57 Å². The van der Waals surface area contributed by atoms with E-state index in [1.165, 1.54) is 7.11 Å². The molecule has 5 heteroatoms. The number of anilines is 1. The molecule has 0 saturated carbocycles. The number of carbonyl (C=O) groups is 1. The summed E-state index contributed by atoms with van der Waals surface area (Å²) in [5.41, 5.74) is 9.32. The van der Waals surface area contributed by atoms with Crippen molar-refractivity contribution < 1.29 is 9.53 Å². The Morgan fingerprint density at radius 1 is 1.21 bits per heavy atom. The highest BCUT2D eigenvalue weighted by molar-refractivity contribution is 5.92. The molecule has 0 atom stereocenters. The first kappa shape index (κ1) is 13.1. The first-order valence-electron chi connectivity index (χ1n) is 5.96. The van der Waals surface area contributed by atoms with Crippen molar-refractivity contribution in [3.05, 3.63) is 40.8 Å². The zero-order valence-electron chi connectivity index (χ0n) is 11.5. The number of nitrogens with two attached hydrogens (primary N) is 1. The minimum Gasteiger partial charge on any atom is -0.464 e. The van der Waals surface area contributed by atoms with Crippen LogP contribution in [0.25, 0.3) is 5.69 Å². The van der Waals surface area contributed by atoms with Crippen LogP contribution in [0.4, 0.5) is 5.82 Å². The van der Waals surface area contributed by atoms with Crippen LogP contribution in [-0.2, 0) is 4.74 Å². The lowest BCUT2D eigenvalue weighted by Gasteiger charge is -2.10. The number of aromatic nitrogens is 2. The number of hydrogen-bond acceptors (Lipinski definition) is 4. The molecule has 0 radical (unpaired) electrons. The summed E-state index contributed by atoms with van der Waals surface area (Å²) in [6.45, 7) is 5.83. The molecule has 1 aromatic heterocycles. The van der Waals surface area contributed by atoms with Crippen molar-refractivity contribution in [2.45, 2.75) is 20.8 Å². The van der Waals surface area contributed by atoms with Gasteiger partial charge in [0, 0.05) is 5.69 Å². The van der Waals surface area contributed by atoms with Crippen LogP contribution in [0.5, 0.6) is 0 Å². The Hall–Kier alpha value is -2.30. The minimum absolute atomic E-state index is 0.152. The lowest BCUT2D eigenvalue weighted by molar-refractivity contribution is 0.0596. The monoisotopic (exact) mass is 259 g/mol. The quantitative estimate of drug-likeness (QED) is 0.839. The number of aryl methyl sites for hydroxylation is 3. The molecule has 0 unspecified atom stereocenters. The van der Waals surface area contributed by atoms with E-state index < -0.39 is 5.97 Å². The molecule has 0 saturated heterocycles. The van der Waals surface area contributed by atoms with Gasteiger partial charge in [-0.2, -0.15) is 0 Å². The van der Waals surface area contributed by atoms with E-state index in [0.717, 1.165) is 16.8 Å². The van der Waals surface area contributed by atoms with Gasteiger partial charge in [-0.1, -0.05) is 6.07 Å². The topological polar surface area (TPSA) is 70.1 Å². The fourth-order valence-electron chi connectivity index (χ4n) is 2.20. The molecule has 1 aromatic carbocycles. The number of imidazole rings is 1. The Bertz CT molecular complexity index is 624. The second kappa shape index (κ2) is 4.76. The summed E-state index contributed by atoms with van der Waals surface area (Å²) in [6, 6.07) is 6.07. The molecule has 0 aliphatic rings. The van der Waals surface area contributed by atoms with Crippen LogP contribution < -0.4 is 5.73 Å². The van der Waals surface area contributed by atoms with Gasteiger partial charge in [-0.25, -0.2) is 9.78 Å². The van der Waals surface area contributed by atoms with Gasteiger partial charge in [0.05, 0.1) is 7.11 Å². The number of hydrogen-bond donors (Lipinski definition) is 1. The highest BCUT2D eigenvalue weighted by atomic mass is 16.5. The van der Waals surface area contributed by atoms with Crippen molar-refractivity contribution >= 4 is 11.8 Å². The number of nitrogen functional groups attached to an aromatic ring is 1. The second-order valence-electron chi connectivity index (χ2n) is 4.57. The molecule has 19 heavy (non-hydrogen) atoms. The summed E-state index contributed by atoms with van der Waals surface area (Å²) < 4.78 is 6.43. The zero-order chi connectivity index (χ0) is 14.2. The first-order valence-corrected chi connectivity index (χ1v) is 5.96. The molecule has 2 rings (SSSR count). The molecule has 0 amide bonds. The SMILES string of the molecule is COC(=O)c1nc(C)n(-c2cc(C)cc(C)c2)c1N. The zero-order valence-corrected chi connectivity index (χ0v) is 11.5. The number of carbonyl (C=O) groups excluding carboxylic acids is 1. The molecule has 2 N–H and O–H groups in total. The van der Waals surface area contributed by atoms with E-state index in [0.29, 0.717) is 11.6 Å². The Balaban J connectivity index is 2.62. The number of methoxy groups -OCH3 is 1. The number of nitrogens with zero attached hydrogens (tertiary/aromatic N) is 2. The largest absolute Gasteiger partial charge is 0.464 e. The molecule has 100 valence electrons. The number of rotatable bonds is 2. The van der Waals surface area contributed by atoms with Crippen LogP contribution in [0.3, 0.4) is 0 Å². The maximum Gasteiger partial charge on any atom is 0.360 e. The summed E-state index contributed by atoms with van der Waals surface area (Å²) in [7, 11) is 1.31. The maximum absolute atomic E-state index is 11.6. The standard InChI is InChI=1S/C14H17N3O2/c1-8-5-9(2)7-11(6-8)17-10(3)16-12(13(17)15)14(18)19-4/h5-7H,15H2,1-4H3. The normalized spacial score (nSPS) is 10.5. The average molecular weight is 259 g/mol. The van der Waals surface area contributed by atoms with Crippen LogP contribution in [0, 0.1) is 20.8 Å². The van der Waals surface area contributed by atoms with Gasteiger partial charge < -0.3 is 10.5 Å². The van der Waals surface area contributed by atoms with Crippen LogP contribution in [0.15, 0.2) is 18.2 Å². The Labute approximate surface area is 112 Å². The Morgan fingerprint density at radius 2 is 1.79 bits per heavy atom. The van der Waals surface area contributed by atoms with Crippen molar-refractivity contribution in [3.8, 4) is 5.69 Å². The molecule has 0 aliphatic carbocycles. The van der Waals surface area contributed by atoms with Crippen molar-refractivity contribution in [3.63, 3.8) is 0 Å². The molecule has 5 nitrogen and oxygen atoms in total. The van der Waals surface area contributed by atoms with Gasteiger partial charge >= 0.3 is 5.97 Å². The third-order valence-electron chi connectivity index (χ3n) is 2.92. The van der Waals surface area contributed by atoms with Gasteiger partial charge in [0.25, 0.3) is 0 Å². The average Bonchev–Trinajstić information content (AvgIpc) is 2.62. The van der Waals surface area contributed by atoms with Gasteiger partial charge in [0.2, 0.25) is 0 Å². The third-order valence-corrected chi connectivity index (χ3v) is 2.92. The van der Waals surface area contributed by atoms with E-state index in [-0.39, 0.29) is 5.69 Å². The van der Waals surface area contributed by atoms with Crippen molar-refractivity contribution in [2.75, 3.05) is 12.8 Å². The van der Waals surface area contributed by atoms with E-state index in [1.807, 2.05) is 26.0 Å². The molecule has 0 bridgehead atoms. The summed E-state index contributed by atoms with van der Waals surface area (Å²) in [5, 5.41) is 0. The van der Waals surface area contributed by atoms with E-state index in [1.54, 1.807) is 11.5 Å². The van der Waals surface area contributed by atoms with Crippen LogP contribution in [0.2, 0.25) is 0 Å². The second-order valence-corrected chi connectivity index (χ2v) is 4.57. The highest BCUT2D eigenvalue weighted by Gasteiger charge is 2.20. The lowest BCUT2D eigenvalue weighted by Crippen LogP contribution is -2.08. The smallest absolute Gasteiger partial charge is 0.360 e. The van der Waals surface area contributed by atoms with E-state index in [4.69, 9.17) is 5.73 Å². The molecule has 0 fully saturated rings. The minimum atomic E-state index is -0.524. The van der Waals surface area contributed by atoms with E-state index in [9.17, 15) is 4.79 Å². The molecule has 0 spiro atoms. The van der Waals surface area contributed by atoms with Crippen molar-refractivity contribution in [1.29, 1.82) is 0 Å². The number of esters is 1. The molecular weight excluding hydrogens is 242 g/mol. The van der Waals surface area contributed by atoms with Crippen LogP contribution in [0.1, 0.15) is 27.4 Å². The fourth-order valence-corrected chi connectivity index (χ4v) is 2.20. The van der Waals surface area contributed by atoms with Gasteiger partial charge in [-0.05, 0) is 44.0 Å². The molecular formula is C14H17N3O2. The first-order chi connectivity index (χ1) is 8.93. The van der Waals surface area contributed by atoms with Gasteiger partial charge in [-0.15, -0.1) is 0 Å². The maximum atomic E-state index is 11.6. The summed E-state index contributed by atoms with van der Waals surface area (Å²) in [5.74, 6) is 0.431. The Kier molecular flexibility index (Phi) is 3.29. The fraction of sp³-hybridized carbons (Fsp3) is 0.286. The summed E-state index contributed by atoms with van der Waals surface area (Å²) in [6.07, 6.45) is 0. The van der Waals surface area contributed by atoms with Crippen LogP contribution >= 0.6 is 0 Å². The predicted molar refractivity (Wildman–Crippen MR) is 73.5 cm³/mol. The Morgan fingerprint density at radius 3 is 2.32 bits per heavy atom. The van der Waals surface area contributed by atoms with Gasteiger partial charge in [0.1, 0.15) is 11.6 Å². The van der Waals surface area contributed by atoms with Crippen LogP contribution in [-0.4, -0.2) is 22.6 Å². The molecule has 1 heterocycles. The van der Waals surface area contributed by atoms with Crippen molar-refractivity contribution in [2.24, 2.45) is 0 Å². The third kappa shape index (κ3) is 2.31.